The molecule has 1 saturated heterocycles. The van der Waals surface area contributed by atoms with Crippen molar-refractivity contribution in [1.29, 1.82) is 0 Å². The fraction of sp³-hybridized carbons (Fsp3) is 0.312. The minimum atomic E-state index is -0.456. The highest BCUT2D eigenvalue weighted by atomic mass is 32.2. The Balaban J connectivity index is 1.70. The Kier molecular flexibility index (Phi) is 4.29. The highest BCUT2D eigenvalue weighted by Gasteiger charge is 2.25. The number of amides is 1. The van der Waals surface area contributed by atoms with E-state index in [1.165, 1.54) is 6.07 Å². The van der Waals surface area contributed by atoms with Crippen molar-refractivity contribution in [1.82, 2.24) is 4.90 Å². The molecule has 0 saturated carbocycles. The minimum Gasteiger partial charge on any atom is -0.468 e. The first-order valence-corrected chi connectivity index (χ1v) is 7.99. The van der Waals surface area contributed by atoms with Crippen LogP contribution in [-0.2, 0) is 0 Å². The number of carbonyl (C=O) groups excluding carboxylic acids is 1. The van der Waals surface area contributed by atoms with E-state index in [0.717, 1.165) is 17.9 Å². The summed E-state index contributed by atoms with van der Waals surface area (Å²) in [7, 11) is 0. The highest BCUT2D eigenvalue weighted by Crippen LogP contribution is 2.34. The number of carbonyl (C=O) groups is 1. The molecule has 3 nitrogen and oxygen atoms in total. The molecule has 2 heterocycles. The lowest BCUT2D eigenvalue weighted by atomic mass is 10.1. The summed E-state index contributed by atoms with van der Waals surface area (Å²) in [6.45, 7) is 1.25. The van der Waals surface area contributed by atoms with E-state index >= 15 is 0 Å². The normalized spacial score (nSPS) is 19.3. The van der Waals surface area contributed by atoms with Gasteiger partial charge >= 0.3 is 0 Å². The Morgan fingerprint density at radius 2 is 2.10 bits per heavy atom. The first-order valence-electron chi connectivity index (χ1n) is 6.94. The molecule has 1 fully saturated rings. The Morgan fingerprint density at radius 1 is 1.24 bits per heavy atom. The number of rotatable bonds is 2. The minimum absolute atomic E-state index is 0.152. The maximum atomic E-state index is 13.7. The predicted octanol–water partition coefficient (Wildman–Crippen LogP) is 3.74. The van der Waals surface area contributed by atoms with Gasteiger partial charge in [0.15, 0.2) is 0 Å². The quantitative estimate of drug-likeness (QED) is 0.847. The fourth-order valence-corrected chi connectivity index (χ4v) is 3.66. The number of hydrogen-bond acceptors (Lipinski definition) is 3. The summed E-state index contributed by atoms with van der Waals surface area (Å²) in [6.07, 6.45) is 2.49. The monoisotopic (exact) mass is 305 g/mol. The van der Waals surface area contributed by atoms with Crippen molar-refractivity contribution in [2.45, 2.75) is 11.7 Å². The van der Waals surface area contributed by atoms with Gasteiger partial charge in [0, 0.05) is 18.8 Å². The van der Waals surface area contributed by atoms with Crippen molar-refractivity contribution in [2.75, 3.05) is 18.8 Å². The summed E-state index contributed by atoms with van der Waals surface area (Å²) in [4.78, 5) is 14.2. The molecule has 0 aliphatic carbocycles. The summed E-state index contributed by atoms with van der Waals surface area (Å²) >= 11 is 1.78. The maximum Gasteiger partial charge on any atom is 0.256 e. The van der Waals surface area contributed by atoms with Gasteiger partial charge in [-0.25, -0.2) is 4.39 Å². The van der Waals surface area contributed by atoms with Crippen LogP contribution < -0.4 is 0 Å². The van der Waals surface area contributed by atoms with Gasteiger partial charge in [0.2, 0.25) is 0 Å². The number of thioether (sulfide) groups is 1. The van der Waals surface area contributed by atoms with Crippen LogP contribution in [0.5, 0.6) is 0 Å². The number of furan rings is 1. The Morgan fingerprint density at radius 3 is 2.86 bits per heavy atom. The topological polar surface area (TPSA) is 33.5 Å². The fourth-order valence-electron chi connectivity index (χ4n) is 2.48. The van der Waals surface area contributed by atoms with Crippen LogP contribution in [0.1, 0.15) is 27.8 Å². The first kappa shape index (κ1) is 14.2. The summed E-state index contributed by atoms with van der Waals surface area (Å²) < 4.78 is 19.2. The van der Waals surface area contributed by atoms with E-state index in [1.54, 1.807) is 41.1 Å². The largest absolute Gasteiger partial charge is 0.468 e. The third-order valence-electron chi connectivity index (χ3n) is 3.59. The van der Waals surface area contributed by atoms with Crippen molar-refractivity contribution >= 4 is 17.7 Å². The van der Waals surface area contributed by atoms with Gasteiger partial charge in [-0.3, -0.25) is 4.79 Å². The smallest absolute Gasteiger partial charge is 0.256 e. The molecule has 0 radical (unpaired) electrons. The molecule has 1 unspecified atom stereocenters. The van der Waals surface area contributed by atoms with Gasteiger partial charge < -0.3 is 9.32 Å². The maximum absolute atomic E-state index is 13.7. The van der Waals surface area contributed by atoms with E-state index in [1.807, 2.05) is 12.1 Å². The van der Waals surface area contributed by atoms with Crippen molar-refractivity contribution in [3.05, 3.63) is 59.8 Å². The zero-order chi connectivity index (χ0) is 14.7. The summed E-state index contributed by atoms with van der Waals surface area (Å²) in [5.41, 5.74) is 0.152. The van der Waals surface area contributed by atoms with E-state index in [-0.39, 0.29) is 16.7 Å². The molecular weight excluding hydrogens is 289 g/mol. The van der Waals surface area contributed by atoms with Crippen LogP contribution in [-0.4, -0.2) is 29.6 Å². The average Bonchev–Trinajstić information content (AvgIpc) is 2.92. The third-order valence-corrected chi connectivity index (χ3v) is 4.88. The Hall–Kier alpha value is -1.75. The van der Waals surface area contributed by atoms with Crippen molar-refractivity contribution in [3.8, 4) is 0 Å². The highest BCUT2D eigenvalue weighted by molar-refractivity contribution is 7.99. The molecule has 21 heavy (non-hydrogen) atoms. The molecule has 0 N–H and O–H groups in total. The van der Waals surface area contributed by atoms with Gasteiger partial charge in [0.1, 0.15) is 11.6 Å². The van der Waals surface area contributed by atoms with Crippen LogP contribution >= 0.6 is 11.8 Å². The van der Waals surface area contributed by atoms with Gasteiger partial charge in [-0.15, -0.1) is 11.8 Å². The second-order valence-corrected chi connectivity index (χ2v) is 6.25. The number of hydrogen-bond donors (Lipinski definition) is 0. The molecular formula is C16H16FNO2S. The second-order valence-electron chi connectivity index (χ2n) is 4.94. The molecule has 110 valence electrons. The lowest BCUT2D eigenvalue weighted by molar-refractivity contribution is 0.0761. The molecule has 1 aromatic carbocycles. The van der Waals surface area contributed by atoms with Crippen LogP contribution in [0.3, 0.4) is 0 Å². The average molecular weight is 305 g/mol. The van der Waals surface area contributed by atoms with Crippen molar-refractivity contribution < 1.29 is 13.6 Å². The number of nitrogens with zero attached hydrogens (tertiary/aromatic N) is 1. The summed E-state index contributed by atoms with van der Waals surface area (Å²) in [5.74, 6) is 1.09. The lowest BCUT2D eigenvalue weighted by Crippen LogP contribution is -2.33. The Labute approximate surface area is 127 Å². The van der Waals surface area contributed by atoms with Gasteiger partial charge in [-0.1, -0.05) is 12.1 Å². The van der Waals surface area contributed by atoms with Gasteiger partial charge in [-0.2, -0.15) is 0 Å². The van der Waals surface area contributed by atoms with Crippen molar-refractivity contribution in [3.63, 3.8) is 0 Å². The van der Waals surface area contributed by atoms with E-state index in [0.29, 0.717) is 13.1 Å². The molecule has 2 aromatic rings. The van der Waals surface area contributed by atoms with Gasteiger partial charge in [0.25, 0.3) is 5.91 Å². The van der Waals surface area contributed by atoms with Crippen LogP contribution in [0.25, 0.3) is 0 Å². The molecule has 1 aliphatic rings. The van der Waals surface area contributed by atoms with Crippen LogP contribution in [0.2, 0.25) is 0 Å². The molecule has 0 bridgehead atoms. The predicted molar refractivity (Wildman–Crippen MR) is 80.8 cm³/mol. The number of benzene rings is 1. The van der Waals surface area contributed by atoms with Crippen molar-refractivity contribution in [2.24, 2.45) is 0 Å². The molecule has 1 aliphatic heterocycles. The van der Waals surface area contributed by atoms with E-state index < -0.39 is 5.82 Å². The molecule has 1 aromatic heterocycles. The Bertz CT molecular complexity index is 614. The summed E-state index contributed by atoms with van der Waals surface area (Å²) in [6, 6.07) is 9.99. The lowest BCUT2D eigenvalue weighted by Gasteiger charge is -2.20. The van der Waals surface area contributed by atoms with E-state index in [9.17, 15) is 9.18 Å². The zero-order valence-electron chi connectivity index (χ0n) is 11.5. The van der Waals surface area contributed by atoms with E-state index in [2.05, 4.69) is 0 Å². The van der Waals surface area contributed by atoms with Gasteiger partial charge in [0.05, 0.1) is 17.1 Å². The standard InChI is InChI=1S/C16H16FNO2S/c17-13-5-2-1-4-12(13)16(19)18-8-7-15(21-11-9-18)14-6-3-10-20-14/h1-6,10,15H,7-9,11H2. The van der Waals surface area contributed by atoms with E-state index in [4.69, 9.17) is 4.42 Å². The zero-order valence-corrected chi connectivity index (χ0v) is 12.3. The molecule has 1 atom stereocenters. The molecule has 3 rings (SSSR count). The van der Waals surface area contributed by atoms with Gasteiger partial charge in [-0.05, 0) is 30.7 Å². The van der Waals surface area contributed by atoms with Crippen LogP contribution in [0.15, 0.2) is 47.1 Å². The number of halogens is 1. The third kappa shape index (κ3) is 3.13. The molecule has 5 heteroatoms. The summed E-state index contributed by atoms with van der Waals surface area (Å²) in [5, 5.41) is 0.262. The molecule has 0 spiro atoms. The van der Waals surface area contributed by atoms with Crippen LogP contribution in [0.4, 0.5) is 4.39 Å². The first-order chi connectivity index (χ1) is 10.3. The SMILES string of the molecule is O=C(c1ccccc1F)N1CCSC(c2ccco2)CC1. The second kappa shape index (κ2) is 6.35. The molecule has 1 amide bonds. The van der Waals surface area contributed by atoms with Crippen LogP contribution in [0, 0.1) is 5.82 Å².